The summed E-state index contributed by atoms with van der Waals surface area (Å²) in [6.45, 7) is 5.43. The quantitative estimate of drug-likeness (QED) is 0.248. The Balaban J connectivity index is 1.34. The minimum atomic E-state index is -1.06. The van der Waals surface area contributed by atoms with Crippen LogP contribution in [0.15, 0.2) is 51.7 Å². The lowest BCUT2D eigenvalue weighted by Gasteiger charge is -2.25. The largest absolute Gasteiger partial charge is 0.446 e. The maximum absolute atomic E-state index is 14.1. The van der Waals surface area contributed by atoms with Gasteiger partial charge < -0.3 is 40.3 Å². The molecule has 6 rings (SSSR count). The second-order valence-corrected chi connectivity index (χ2v) is 13.4. The first-order valence-corrected chi connectivity index (χ1v) is 16.7. The standard InChI is InChI=1S/C34H40N8O8/c1-17(2)11-22-29(45)35-18(3)32-41-25(16-49-32)34(48)42-14-20(36-28(44)21-9-10-27(43)37-21)13-26(42)31(47)39-23(12-19-7-5-4-6-8-19)33-40-24(15-50-33)30(46)38-22/h4-8,15-18,20-23,26H,9-14H2,1-3H3,(H,35,45)(H,36,44)(H,37,43)(H,38,46)(H,39,47)/t18-,20+,21+,22-,23+,26+/m1/s1. The average molecular weight is 689 g/mol. The molecule has 6 atom stereocenters. The van der Waals surface area contributed by atoms with Crippen molar-refractivity contribution in [2.75, 3.05) is 6.54 Å². The molecule has 50 heavy (non-hydrogen) atoms. The first kappa shape index (κ1) is 34.3. The molecule has 264 valence electrons. The smallest absolute Gasteiger partial charge is 0.276 e. The Morgan fingerprint density at radius 1 is 0.920 bits per heavy atom. The van der Waals surface area contributed by atoms with Crippen LogP contribution < -0.4 is 26.6 Å². The molecule has 5 N–H and O–H groups in total. The molecule has 16 heteroatoms. The number of nitrogens with one attached hydrogen (secondary N) is 5. The minimum absolute atomic E-state index is 0.0264. The van der Waals surface area contributed by atoms with E-state index in [0.717, 1.165) is 11.8 Å². The van der Waals surface area contributed by atoms with Gasteiger partial charge in [0.2, 0.25) is 35.4 Å². The van der Waals surface area contributed by atoms with Crippen molar-refractivity contribution in [3.05, 3.63) is 71.6 Å². The van der Waals surface area contributed by atoms with Crippen molar-refractivity contribution in [2.24, 2.45) is 5.92 Å². The Hall–Kier alpha value is -5.54. The van der Waals surface area contributed by atoms with Crippen LogP contribution in [0.5, 0.6) is 0 Å². The summed E-state index contributed by atoms with van der Waals surface area (Å²) < 4.78 is 11.4. The number of oxazole rings is 2. The van der Waals surface area contributed by atoms with E-state index in [1.165, 1.54) is 11.2 Å². The highest BCUT2D eigenvalue weighted by Gasteiger charge is 2.43. The second-order valence-electron chi connectivity index (χ2n) is 13.4. The molecule has 0 radical (unpaired) electrons. The van der Waals surface area contributed by atoms with E-state index in [1.54, 1.807) is 6.92 Å². The fraction of sp³-hybridized carbons (Fsp3) is 0.471. The number of amides is 6. The lowest BCUT2D eigenvalue weighted by molar-refractivity contribution is -0.126. The Bertz CT molecular complexity index is 1770. The summed E-state index contributed by atoms with van der Waals surface area (Å²) >= 11 is 0. The van der Waals surface area contributed by atoms with Crippen molar-refractivity contribution in [3.63, 3.8) is 0 Å². The van der Waals surface area contributed by atoms with E-state index in [-0.39, 0.29) is 60.8 Å². The maximum Gasteiger partial charge on any atom is 0.276 e. The molecule has 3 aliphatic rings. The molecular formula is C34H40N8O8. The summed E-state index contributed by atoms with van der Waals surface area (Å²) in [4.78, 5) is 89.7. The van der Waals surface area contributed by atoms with E-state index in [9.17, 15) is 28.8 Å². The van der Waals surface area contributed by atoms with Gasteiger partial charge >= 0.3 is 0 Å². The molecule has 1 aromatic carbocycles. The van der Waals surface area contributed by atoms with E-state index >= 15 is 0 Å². The van der Waals surface area contributed by atoms with Crippen molar-refractivity contribution in [1.29, 1.82) is 0 Å². The summed E-state index contributed by atoms with van der Waals surface area (Å²) in [5.41, 5.74) is 0.658. The van der Waals surface area contributed by atoms with Gasteiger partial charge in [-0.15, -0.1) is 0 Å². The molecule has 6 amide bonds. The van der Waals surface area contributed by atoms with Crippen LogP contribution in [-0.2, 0) is 25.6 Å². The van der Waals surface area contributed by atoms with Crippen molar-refractivity contribution < 1.29 is 37.6 Å². The zero-order chi connectivity index (χ0) is 35.5. The third kappa shape index (κ3) is 7.68. The predicted octanol–water partition coefficient (Wildman–Crippen LogP) is 1.08. The van der Waals surface area contributed by atoms with E-state index in [0.29, 0.717) is 12.8 Å². The Morgan fingerprint density at radius 3 is 2.36 bits per heavy atom. The minimum Gasteiger partial charge on any atom is -0.446 e. The van der Waals surface area contributed by atoms with E-state index < -0.39 is 65.8 Å². The van der Waals surface area contributed by atoms with Gasteiger partial charge in [0.1, 0.15) is 42.7 Å². The second kappa shape index (κ2) is 14.5. The van der Waals surface area contributed by atoms with Gasteiger partial charge in [0, 0.05) is 25.4 Å². The maximum atomic E-state index is 14.1. The number of aromatic nitrogens is 2. The molecule has 2 saturated heterocycles. The van der Waals surface area contributed by atoms with Crippen molar-refractivity contribution >= 4 is 35.4 Å². The molecule has 3 aromatic rings. The fourth-order valence-electron chi connectivity index (χ4n) is 6.44. The number of nitrogens with zero attached hydrogens (tertiary/aromatic N) is 3. The van der Waals surface area contributed by atoms with Crippen molar-refractivity contribution in [1.82, 2.24) is 41.5 Å². The molecule has 0 saturated carbocycles. The predicted molar refractivity (Wildman–Crippen MR) is 174 cm³/mol. The molecule has 4 bridgehead atoms. The van der Waals surface area contributed by atoms with Gasteiger partial charge in [-0.05, 0) is 37.7 Å². The van der Waals surface area contributed by atoms with Gasteiger partial charge in [-0.3, -0.25) is 28.8 Å². The van der Waals surface area contributed by atoms with Crippen LogP contribution in [0, 0.1) is 5.92 Å². The van der Waals surface area contributed by atoms with Crippen LogP contribution in [0.1, 0.15) is 96.9 Å². The van der Waals surface area contributed by atoms with Crippen LogP contribution in [0.2, 0.25) is 0 Å². The highest BCUT2D eigenvalue weighted by molar-refractivity contribution is 5.98. The third-order valence-corrected chi connectivity index (χ3v) is 8.97. The Kier molecular flexibility index (Phi) is 9.97. The van der Waals surface area contributed by atoms with Crippen LogP contribution in [0.25, 0.3) is 0 Å². The highest BCUT2D eigenvalue weighted by atomic mass is 16.3. The molecule has 5 heterocycles. The van der Waals surface area contributed by atoms with Crippen LogP contribution in [0.4, 0.5) is 0 Å². The monoisotopic (exact) mass is 688 g/mol. The lowest BCUT2D eigenvalue weighted by atomic mass is 10.0. The van der Waals surface area contributed by atoms with E-state index in [2.05, 4.69) is 36.6 Å². The highest BCUT2D eigenvalue weighted by Crippen LogP contribution is 2.26. The third-order valence-electron chi connectivity index (χ3n) is 8.97. The number of carbonyl (C=O) groups excluding carboxylic acids is 6. The number of rotatable bonds is 6. The Morgan fingerprint density at radius 2 is 1.64 bits per heavy atom. The number of hydrogen-bond donors (Lipinski definition) is 5. The molecule has 2 fully saturated rings. The number of fused-ring (bicyclic) bond motifs is 5. The molecule has 0 spiro atoms. The van der Waals surface area contributed by atoms with Gasteiger partial charge in [-0.1, -0.05) is 44.2 Å². The first-order chi connectivity index (χ1) is 23.9. The number of benzene rings is 1. The van der Waals surface area contributed by atoms with Crippen LogP contribution >= 0.6 is 0 Å². The summed E-state index contributed by atoms with van der Waals surface area (Å²) in [7, 11) is 0. The van der Waals surface area contributed by atoms with Crippen LogP contribution in [-0.4, -0.2) is 81.0 Å². The molecule has 0 unspecified atom stereocenters. The topological polar surface area (TPSA) is 218 Å². The van der Waals surface area contributed by atoms with Gasteiger partial charge in [0.15, 0.2) is 11.4 Å². The van der Waals surface area contributed by atoms with Gasteiger partial charge in [-0.25, -0.2) is 9.97 Å². The van der Waals surface area contributed by atoms with E-state index in [4.69, 9.17) is 8.83 Å². The fourth-order valence-corrected chi connectivity index (χ4v) is 6.44. The molecule has 16 nitrogen and oxygen atoms in total. The normalized spacial score (nSPS) is 26.0. The molecular weight excluding hydrogens is 648 g/mol. The summed E-state index contributed by atoms with van der Waals surface area (Å²) in [5.74, 6) is -2.78. The zero-order valence-corrected chi connectivity index (χ0v) is 27.9. The summed E-state index contributed by atoms with van der Waals surface area (Å²) in [5, 5.41) is 14.0. The van der Waals surface area contributed by atoms with Gasteiger partial charge in [-0.2, -0.15) is 0 Å². The summed E-state index contributed by atoms with van der Waals surface area (Å²) in [6.07, 6.45) is 3.52. The number of carbonyl (C=O) groups is 6. The lowest BCUT2D eigenvalue weighted by Crippen LogP contribution is -2.48. The zero-order valence-electron chi connectivity index (χ0n) is 27.9. The SMILES string of the molecule is CC(C)C[C@H]1NC(=O)c2coc(n2)[C@H](Cc2ccccc2)NC(=O)[C@@H]2C[C@H](NC(=O)[C@@H]3CCC(=O)N3)CN2C(=O)c2coc(n2)[C@@H](C)NC1=O. The first-order valence-electron chi connectivity index (χ1n) is 16.7. The van der Waals surface area contributed by atoms with Crippen molar-refractivity contribution in [3.8, 4) is 0 Å². The molecule has 0 aliphatic carbocycles. The van der Waals surface area contributed by atoms with Crippen LogP contribution in [0.3, 0.4) is 0 Å². The molecule has 3 aliphatic heterocycles. The average Bonchev–Trinajstić information content (AvgIpc) is 3.90. The number of hydrogen-bond acceptors (Lipinski definition) is 10. The van der Waals surface area contributed by atoms with Gasteiger partial charge in [0.05, 0.1) is 0 Å². The molecule has 2 aromatic heterocycles. The summed E-state index contributed by atoms with van der Waals surface area (Å²) in [6, 6.07) is 4.31. The Labute approximate surface area is 287 Å². The van der Waals surface area contributed by atoms with E-state index in [1.807, 2.05) is 44.2 Å². The van der Waals surface area contributed by atoms with Crippen molar-refractivity contribution in [2.45, 2.75) is 89.1 Å². The van der Waals surface area contributed by atoms with Gasteiger partial charge in [0.25, 0.3) is 11.8 Å².